The summed E-state index contributed by atoms with van der Waals surface area (Å²) in [6.45, 7) is 6.55. The van der Waals surface area contributed by atoms with Gasteiger partial charge in [-0.1, -0.05) is 26.7 Å². The molecule has 0 saturated carbocycles. The number of hydrogen-bond donors (Lipinski definition) is 1. The number of rotatable bonds is 5. The van der Waals surface area contributed by atoms with Crippen LogP contribution in [0.25, 0.3) is 0 Å². The zero-order valence-electron chi connectivity index (χ0n) is 10.5. The van der Waals surface area contributed by atoms with E-state index in [0.717, 1.165) is 5.69 Å². The highest BCUT2D eigenvalue weighted by Gasteiger charge is 2.21. The van der Waals surface area contributed by atoms with Gasteiger partial charge in [-0.2, -0.15) is 5.10 Å². The molecule has 1 rings (SSSR count). The zero-order chi connectivity index (χ0) is 11.4. The third-order valence-electron chi connectivity index (χ3n) is 3.19. The lowest BCUT2D eigenvalue weighted by atomic mass is 9.92. The van der Waals surface area contributed by atoms with Gasteiger partial charge in [-0.05, 0) is 26.0 Å². The summed E-state index contributed by atoms with van der Waals surface area (Å²) in [4.78, 5) is 0. The fourth-order valence-corrected chi connectivity index (χ4v) is 2.31. The first-order valence-corrected chi connectivity index (χ1v) is 5.81. The van der Waals surface area contributed by atoms with E-state index in [1.807, 2.05) is 25.7 Å². The predicted octanol–water partition coefficient (Wildman–Crippen LogP) is 2.43. The van der Waals surface area contributed by atoms with Crippen molar-refractivity contribution in [2.24, 2.45) is 13.0 Å². The van der Waals surface area contributed by atoms with E-state index in [0.29, 0.717) is 12.0 Å². The van der Waals surface area contributed by atoms with Crippen molar-refractivity contribution in [1.29, 1.82) is 0 Å². The Hall–Kier alpha value is -0.830. The molecule has 3 nitrogen and oxygen atoms in total. The molecule has 86 valence electrons. The van der Waals surface area contributed by atoms with Gasteiger partial charge in [-0.25, -0.2) is 0 Å². The topological polar surface area (TPSA) is 29.9 Å². The van der Waals surface area contributed by atoms with E-state index in [-0.39, 0.29) is 0 Å². The first-order chi connectivity index (χ1) is 7.13. The van der Waals surface area contributed by atoms with Gasteiger partial charge in [0, 0.05) is 7.05 Å². The van der Waals surface area contributed by atoms with Gasteiger partial charge < -0.3 is 5.32 Å². The van der Waals surface area contributed by atoms with Gasteiger partial charge >= 0.3 is 0 Å². The first-order valence-electron chi connectivity index (χ1n) is 5.81. The molecule has 15 heavy (non-hydrogen) atoms. The molecule has 0 bridgehead atoms. The number of aromatic nitrogens is 2. The molecule has 0 aliphatic carbocycles. The summed E-state index contributed by atoms with van der Waals surface area (Å²) < 4.78 is 1.99. The summed E-state index contributed by atoms with van der Waals surface area (Å²) in [6.07, 6.45) is 2.40. The van der Waals surface area contributed by atoms with E-state index in [1.165, 1.54) is 18.5 Å². The van der Waals surface area contributed by atoms with E-state index in [9.17, 15) is 0 Å². The maximum absolute atomic E-state index is 4.41. The highest BCUT2D eigenvalue weighted by Crippen LogP contribution is 2.26. The summed E-state index contributed by atoms with van der Waals surface area (Å²) in [5.41, 5.74) is 2.39. The van der Waals surface area contributed by atoms with Crippen LogP contribution < -0.4 is 5.32 Å². The van der Waals surface area contributed by atoms with Crippen LogP contribution in [0.2, 0.25) is 0 Å². The Morgan fingerprint density at radius 1 is 1.40 bits per heavy atom. The highest BCUT2D eigenvalue weighted by atomic mass is 15.3. The largest absolute Gasteiger partial charge is 0.311 e. The molecule has 0 spiro atoms. The van der Waals surface area contributed by atoms with Gasteiger partial charge in [0.15, 0.2) is 0 Å². The van der Waals surface area contributed by atoms with Crippen molar-refractivity contribution in [2.75, 3.05) is 7.05 Å². The van der Waals surface area contributed by atoms with E-state index in [4.69, 9.17) is 0 Å². The SMILES string of the molecule is CCC(CC)C(NC)c1cc(C)nn1C. The van der Waals surface area contributed by atoms with Crippen LogP contribution in [-0.2, 0) is 7.05 Å². The van der Waals surface area contributed by atoms with Crippen LogP contribution in [0, 0.1) is 12.8 Å². The van der Waals surface area contributed by atoms with Gasteiger partial charge in [0.1, 0.15) is 0 Å². The van der Waals surface area contributed by atoms with E-state index >= 15 is 0 Å². The molecule has 1 aromatic rings. The zero-order valence-corrected chi connectivity index (χ0v) is 10.5. The second kappa shape index (κ2) is 5.31. The van der Waals surface area contributed by atoms with Crippen molar-refractivity contribution in [2.45, 2.75) is 39.7 Å². The molecule has 0 aliphatic rings. The van der Waals surface area contributed by atoms with Crippen LogP contribution in [0.5, 0.6) is 0 Å². The molecule has 0 radical (unpaired) electrons. The van der Waals surface area contributed by atoms with Crippen molar-refractivity contribution in [3.05, 3.63) is 17.5 Å². The van der Waals surface area contributed by atoms with E-state index in [2.05, 4.69) is 30.3 Å². The highest BCUT2D eigenvalue weighted by molar-refractivity contribution is 5.13. The van der Waals surface area contributed by atoms with Crippen molar-refractivity contribution >= 4 is 0 Å². The van der Waals surface area contributed by atoms with Crippen LogP contribution in [0.15, 0.2) is 6.07 Å². The van der Waals surface area contributed by atoms with Gasteiger partial charge in [0.2, 0.25) is 0 Å². The summed E-state index contributed by atoms with van der Waals surface area (Å²) in [5, 5.41) is 7.82. The minimum Gasteiger partial charge on any atom is -0.311 e. The van der Waals surface area contributed by atoms with Crippen molar-refractivity contribution in [1.82, 2.24) is 15.1 Å². The third kappa shape index (κ3) is 2.59. The summed E-state index contributed by atoms with van der Waals surface area (Å²) >= 11 is 0. The Labute approximate surface area is 92.9 Å². The molecule has 0 fully saturated rings. The van der Waals surface area contributed by atoms with Crippen LogP contribution >= 0.6 is 0 Å². The summed E-state index contributed by atoms with van der Waals surface area (Å²) in [7, 11) is 4.06. The van der Waals surface area contributed by atoms with Crippen LogP contribution in [-0.4, -0.2) is 16.8 Å². The fraction of sp³-hybridized carbons (Fsp3) is 0.750. The molecule has 0 aliphatic heterocycles. The van der Waals surface area contributed by atoms with Gasteiger partial charge in [-0.3, -0.25) is 4.68 Å². The molecule has 0 aromatic carbocycles. The van der Waals surface area contributed by atoms with Gasteiger partial charge in [0.05, 0.1) is 17.4 Å². The van der Waals surface area contributed by atoms with E-state index < -0.39 is 0 Å². The molecule has 0 saturated heterocycles. The Morgan fingerprint density at radius 2 is 2.00 bits per heavy atom. The second-order valence-electron chi connectivity index (χ2n) is 4.18. The van der Waals surface area contributed by atoms with Crippen molar-refractivity contribution in [3.63, 3.8) is 0 Å². The third-order valence-corrected chi connectivity index (χ3v) is 3.19. The van der Waals surface area contributed by atoms with Crippen molar-refractivity contribution < 1.29 is 0 Å². The molecule has 0 amide bonds. The monoisotopic (exact) mass is 209 g/mol. The predicted molar refractivity (Wildman–Crippen MR) is 63.8 cm³/mol. The second-order valence-corrected chi connectivity index (χ2v) is 4.18. The van der Waals surface area contributed by atoms with Gasteiger partial charge in [0.25, 0.3) is 0 Å². The Bertz CT molecular complexity index is 300. The normalized spacial score (nSPS) is 13.5. The minimum atomic E-state index is 0.422. The Balaban J connectivity index is 2.95. The van der Waals surface area contributed by atoms with E-state index in [1.54, 1.807) is 0 Å². The maximum atomic E-state index is 4.41. The smallest absolute Gasteiger partial charge is 0.0597 e. The van der Waals surface area contributed by atoms with Crippen LogP contribution in [0.1, 0.15) is 44.1 Å². The number of nitrogens with one attached hydrogen (secondary N) is 1. The lowest BCUT2D eigenvalue weighted by Gasteiger charge is -2.24. The molecular formula is C12H23N3. The number of nitrogens with zero attached hydrogens (tertiary/aromatic N) is 2. The molecular weight excluding hydrogens is 186 g/mol. The quantitative estimate of drug-likeness (QED) is 0.807. The number of hydrogen-bond acceptors (Lipinski definition) is 2. The van der Waals surface area contributed by atoms with Crippen molar-refractivity contribution in [3.8, 4) is 0 Å². The minimum absolute atomic E-state index is 0.422. The Kier molecular flexibility index (Phi) is 4.33. The van der Waals surface area contributed by atoms with Gasteiger partial charge in [-0.15, -0.1) is 0 Å². The average molecular weight is 209 g/mol. The lowest BCUT2D eigenvalue weighted by molar-refractivity contribution is 0.344. The first kappa shape index (κ1) is 12.2. The van der Waals surface area contributed by atoms with Crippen LogP contribution in [0.3, 0.4) is 0 Å². The number of aryl methyl sites for hydroxylation is 2. The lowest BCUT2D eigenvalue weighted by Crippen LogP contribution is -2.26. The maximum Gasteiger partial charge on any atom is 0.0597 e. The molecule has 3 heteroatoms. The molecule has 1 aromatic heterocycles. The average Bonchev–Trinajstić information content (AvgIpc) is 2.54. The Morgan fingerprint density at radius 3 is 2.33 bits per heavy atom. The van der Waals surface area contributed by atoms with Crippen LogP contribution in [0.4, 0.5) is 0 Å². The standard InChI is InChI=1S/C12H23N3/c1-6-10(7-2)12(13-4)11-8-9(3)14-15(11)5/h8,10,12-13H,6-7H2,1-5H3. The molecule has 1 atom stereocenters. The summed E-state index contributed by atoms with van der Waals surface area (Å²) in [5.74, 6) is 0.685. The molecule has 1 heterocycles. The molecule has 1 unspecified atom stereocenters. The fourth-order valence-electron chi connectivity index (χ4n) is 2.31. The summed E-state index contributed by atoms with van der Waals surface area (Å²) in [6, 6.07) is 2.60. The molecule has 1 N–H and O–H groups in total.